The Hall–Kier alpha value is -4.21. The van der Waals surface area contributed by atoms with Crippen LogP contribution in [0.3, 0.4) is 0 Å². The normalized spacial score (nSPS) is 12.9. The fourth-order valence-electron chi connectivity index (χ4n) is 3.64. The number of para-hydroxylation sites is 1. The lowest BCUT2D eigenvalue weighted by atomic mass is 10.1. The Morgan fingerprint density at radius 1 is 1.15 bits per heavy atom. The molecule has 0 radical (unpaired) electrons. The number of hydrogen-bond donors (Lipinski definition) is 2. The van der Waals surface area contributed by atoms with Gasteiger partial charge in [0.15, 0.2) is 0 Å². The van der Waals surface area contributed by atoms with Crippen LogP contribution in [0.2, 0.25) is 0 Å². The summed E-state index contributed by atoms with van der Waals surface area (Å²) in [5.41, 5.74) is 8.11. The van der Waals surface area contributed by atoms with E-state index in [4.69, 9.17) is 10.5 Å². The fraction of sp³-hybridized carbons (Fsp3) is 0.250. The van der Waals surface area contributed by atoms with Crippen LogP contribution in [-0.4, -0.2) is 37.6 Å². The summed E-state index contributed by atoms with van der Waals surface area (Å²) in [5, 5.41) is 3.39. The molecule has 176 valence electrons. The maximum Gasteiger partial charge on any atom is 0.274 e. The lowest BCUT2D eigenvalue weighted by Crippen LogP contribution is -2.33. The van der Waals surface area contributed by atoms with Crippen LogP contribution in [0.1, 0.15) is 19.4 Å². The number of primary amides is 1. The molecule has 10 heteroatoms. The number of hydrogen-bond acceptors (Lipinski definition) is 6. The average molecular weight is 465 g/mol. The number of anilines is 1. The smallest absolute Gasteiger partial charge is 0.274 e. The van der Waals surface area contributed by atoms with Gasteiger partial charge in [0.05, 0.1) is 17.4 Å². The molecule has 4 aromatic rings. The van der Waals surface area contributed by atoms with Crippen molar-refractivity contribution >= 4 is 22.8 Å². The first kappa shape index (κ1) is 23.0. The van der Waals surface area contributed by atoms with Crippen LogP contribution in [0.25, 0.3) is 22.0 Å². The number of aromatic nitrogens is 4. The van der Waals surface area contributed by atoms with E-state index in [0.29, 0.717) is 23.2 Å². The number of nitrogens with zero attached hydrogens (tertiary/aromatic N) is 4. The molecule has 0 aliphatic heterocycles. The van der Waals surface area contributed by atoms with E-state index >= 15 is 0 Å². The monoisotopic (exact) mass is 464 g/mol. The van der Waals surface area contributed by atoms with Gasteiger partial charge >= 0.3 is 0 Å². The average Bonchev–Trinajstić information content (AvgIpc) is 3.04. The van der Waals surface area contributed by atoms with Crippen molar-refractivity contribution in [3.8, 4) is 16.9 Å². The highest BCUT2D eigenvalue weighted by Crippen LogP contribution is 2.26. The predicted octanol–water partition coefficient (Wildman–Crippen LogP) is 2.83. The van der Waals surface area contributed by atoms with Gasteiger partial charge in [0.2, 0.25) is 18.2 Å². The van der Waals surface area contributed by atoms with Gasteiger partial charge in [-0.3, -0.25) is 19.0 Å². The number of amides is 1. The molecule has 0 bridgehead atoms. The molecule has 3 N–H and O–H groups in total. The minimum absolute atomic E-state index is 0.143. The number of fused-ring (bicyclic) bond motifs is 1. The summed E-state index contributed by atoms with van der Waals surface area (Å²) in [4.78, 5) is 32.6. The number of nitrogens with two attached hydrogens (primary N) is 1. The second kappa shape index (κ2) is 9.34. The topological polar surface area (TPSA) is 117 Å². The Bertz CT molecular complexity index is 1390. The summed E-state index contributed by atoms with van der Waals surface area (Å²) in [5.74, 6) is 0.198. The first-order valence-corrected chi connectivity index (χ1v) is 10.7. The summed E-state index contributed by atoms with van der Waals surface area (Å²) in [6.45, 7) is 3.26. The zero-order valence-electron chi connectivity index (χ0n) is 19.0. The number of ether oxygens (including phenoxy) is 1. The molecule has 9 nitrogen and oxygen atoms in total. The van der Waals surface area contributed by atoms with E-state index in [1.54, 1.807) is 44.6 Å². The Balaban J connectivity index is 1.70. The van der Waals surface area contributed by atoms with E-state index in [0.717, 1.165) is 16.7 Å². The Morgan fingerprint density at radius 2 is 1.85 bits per heavy atom. The van der Waals surface area contributed by atoms with Gasteiger partial charge in [-0.25, -0.2) is 14.4 Å². The second-order valence-corrected chi connectivity index (χ2v) is 7.95. The van der Waals surface area contributed by atoms with Gasteiger partial charge in [0, 0.05) is 37.5 Å². The molecule has 4 rings (SSSR count). The number of benzene rings is 2. The first-order valence-electron chi connectivity index (χ1n) is 10.7. The SMILES string of the molecule is CC(F)Oc1ccccc1Cn1c2cc(-c3cnc(NC(C)C(N)=O)nc3)ccc2c(=O)n1C. The van der Waals surface area contributed by atoms with Crippen LogP contribution in [0.5, 0.6) is 5.75 Å². The Morgan fingerprint density at radius 3 is 2.53 bits per heavy atom. The fourth-order valence-corrected chi connectivity index (χ4v) is 3.64. The number of halogens is 1. The van der Waals surface area contributed by atoms with Crippen molar-refractivity contribution < 1.29 is 13.9 Å². The van der Waals surface area contributed by atoms with Gasteiger partial charge in [0.1, 0.15) is 11.8 Å². The number of carbonyl (C=O) groups excluding carboxylic acids is 1. The van der Waals surface area contributed by atoms with E-state index < -0.39 is 18.3 Å². The van der Waals surface area contributed by atoms with Gasteiger partial charge in [0.25, 0.3) is 5.56 Å². The van der Waals surface area contributed by atoms with Crippen molar-refractivity contribution in [2.45, 2.75) is 32.8 Å². The molecule has 0 spiro atoms. The van der Waals surface area contributed by atoms with Crippen molar-refractivity contribution in [2.24, 2.45) is 12.8 Å². The van der Waals surface area contributed by atoms with Gasteiger partial charge < -0.3 is 15.8 Å². The van der Waals surface area contributed by atoms with Crippen molar-refractivity contribution in [2.75, 3.05) is 5.32 Å². The van der Waals surface area contributed by atoms with Gasteiger partial charge in [-0.1, -0.05) is 24.3 Å². The van der Waals surface area contributed by atoms with Crippen LogP contribution >= 0.6 is 0 Å². The Labute approximate surface area is 195 Å². The van der Waals surface area contributed by atoms with E-state index in [-0.39, 0.29) is 11.5 Å². The predicted molar refractivity (Wildman–Crippen MR) is 127 cm³/mol. The van der Waals surface area contributed by atoms with Crippen molar-refractivity contribution in [3.63, 3.8) is 0 Å². The molecule has 0 saturated carbocycles. The zero-order chi connectivity index (χ0) is 24.4. The highest BCUT2D eigenvalue weighted by molar-refractivity contribution is 5.84. The molecular weight excluding hydrogens is 439 g/mol. The van der Waals surface area contributed by atoms with E-state index in [1.165, 1.54) is 11.6 Å². The molecule has 2 atom stereocenters. The van der Waals surface area contributed by atoms with Gasteiger partial charge in [-0.05, 0) is 30.7 Å². The van der Waals surface area contributed by atoms with Crippen LogP contribution in [0.4, 0.5) is 10.3 Å². The summed E-state index contributed by atoms with van der Waals surface area (Å²) < 4.78 is 22.1. The summed E-state index contributed by atoms with van der Waals surface area (Å²) >= 11 is 0. The van der Waals surface area contributed by atoms with E-state index in [1.807, 2.05) is 28.9 Å². The maximum atomic E-state index is 13.5. The molecular formula is C24H25FN6O3. The molecule has 2 heterocycles. The van der Waals surface area contributed by atoms with Crippen LogP contribution in [0.15, 0.2) is 59.7 Å². The quantitative estimate of drug-likeness (QED) is 0.414. The molecule has 34 heavy (non-hydrogen) atoms. The van der Waals surface area contributed by atoms with E-state index in [9.17, 15) is 14.0 Å². The van der Waals surface area contributed by atoms with E-state index in [2.05, 4.69) is 15.3 Å². The van der Waals surface area contributed by atoms with Crippen molar-refractivity contribution in [1.82, 2.24) is 19.3 Å². The number of carbonyl (C=O) groups is 1. The lowest BCUT2D eigenvalue weighted by Gasteiger charge is -2.15. The van der Waals surface area contributed by atoms with Crippen LogP contribution in [-0.2, 0) is 18.4 Å². The second-order valence-electron chi connectivity index (χ2n) is 7.95. The highest BCUT2D eigenvalue weighted by Gasteiger charge is 2.15. The molecule has 2 aromatic heterocycles. The largest absolute Gasteiger partial charge is 0.460 e. The summed E-state index contributed by atoms with van der Waals surface area (Å²) in [6.07, 6.45) is 1.80. The molecule has 0 fully saturated rings. The molecule has 0 saturated heterocycles. The standard InChI is InChI=1S/C24H25FN6O3/c1-14(22(26)32)29-24-27-11-18(12-28-24)16-8-9-19-20(10-16)31(30(3)23(19)33)13-17-6-4-5-7-21(17)34-15(2)25/h4-12,14-15H,13H2,1-3H3,(H2,26,32)(H,27,28,29). The third-order valence-electron chi connectivity index (χ3n) is 5.50. The zero-order valence-corrected chi connectivity index (χ0v) is 19.0. The summed E-state index contributed by atoms with van der Waals surface area (Å²) in [7, 11) is 1.69. The van der Waals surface area contributed by atoms with Crippen LogP contribution < -0.4 is 21.3 Å². The first-order chi connectivity index (χ1) is 16.2. The molecule has 2 unspecified atom stereocenters. The minimum Gasteiger partial charge on any atom is -0.460 e. The number of rotatable bonds is 8. The van der Waals surface area contributed by atoms with Crippen molar-refractivity contribution in [1.29, 1.82) is 0 Å². The van der Waals surface area contributed by atoms with Gasteiger partial charge in [-0.15, -0.1) is 0 Å². The van der Waals surface area contributed by atoms with Crippen LogP contribution in [0, 0.1) is 0 Å². The minimum atomic E-state index is -1.46. The lowest BCUT2D eigenvalue weighted by molar-refractivity contribution is -0.118. The number of alkyl halides is 1. The molecule has 1 amide bonds. The molecule has 0 aliphatic carbocycles. The molecule has 2 aromatic carbocycles. The maximum absolute atomic E-state index is 13.5. The molecule has 0 aliphatic rings. The van der Waals surface area contributed by atoms with Gasteiger partial charge in [-0.2, -0.15) is 0 Å². The third-order valence-corrected chi connectivity index (χ3v) is 5.50. The highest BCUT2D eigenvalue weighted by atomic mass is 19.1. The van der Waals surface area contributed by atoms with Crippen molar-refractivity contribution in [3.05, 3.63) is 70.8 Å². The summed E-state index contributed by atoms with van der Waals surface area (Å²) in [6, 6.07) is 12.0. The number of nitrogens with one attached hydrogen (secondary N) is 1. The third kappa shape index (κ3) is 4.61. The Kier molecular flexibility index (Phi) is 6.31.